The molecule has 5 rings (SSSR count). The van der Waals surface area contributed by atoms with E-state index in [2.05, 4.69) is 75.2 Å². The summed E-state index contributed by atoms with van der Waals surface area (Å²) < 4.78 is 1.93. The number of H-pyrrole nitrogens is 1. The highest BCUT2D eigenvalue weighted by atomic mass is 15.4. The lowest BCUT2D eigenvalue weighted by atomic mass is 10.0. The largest absolute Gasteiger partial charge is 0.346 e. The average molecular weight is 483 g/mol. The van der Waals surface area contributed by atoms with E-state index in [0.29, 0.717) is 18.9 Å². The highest BCUT2D eigenvalue weighted by Gasteiger charge is 2.12. The van der Waals surface area contributed by atoms with Crippen molar-refractivity contribution in [2.45, 2.75) is 40.2 Å². The number of nitrogens with zero attached hydrogens (tertiary/aromatic N) is 5. The van der Waals surface area contributed by atoms with Crippen LogP contribution in [0.15, 0.2) is 77.0 Å². The van der Waals surface area contributed by atoms with Gasteiger partial charge in [-0.1, -0.05) is 44.2 Å². The van der Waals surface area contributed by atoms with Gasteiger partial charge in [0.15, 0.2) is 0 Å². The number of aromatic nitrogens is 4. The average Bonchev–Trinajstić information content (AvgIpc) is 3.30. The van der Waals surface area contributed by atoms with E-state index in [4.69, 9.17) is 9.98 Å². The standard InChI is InChI=1S/C26H28N8.C2H6/c1-4-27-24-16-22(30-26(34(24)3)31-23-10-5-7-17(2)32-33-23)19-9-6-8-18(15-19)20-11-13-28-25-21(20)12-14-29-25;1-2/h5-9,11-17,32H,4,10H2,1-3H3,(H,28,29)(H,30,31,33);1-2H3. The first kappa shape index (κ1) is 25.1. The van der Waals surface area contributed by atoms with Gasteiger partial charge >= 0.3 is 0 Å². The monoisotopic (exact) mass is 482 g/mol. The first-order valence-electron chi connectivity index (χ1n) is 12.5. The lowest BCUT2D eigenvalue weighted by molar-refractivity contribution is 0.601. The van der Waals surface area contributed by atoms with Gasteiger partial charge < -0.3 is 10.4 Å². The van der Waals surface area contributed by atoms with Gasteiger partial charge in [0.2, 0.25) is 5.95 Å². The SMILES string of the molecule is CC.CCN=c1cc(-c2cccc(-c3ccnc4[nH]ccc34)c2)nc(/N=C2\CC=CC(C)NN2)n1C. The number of benzene rings is 1. The van der Waals surface area contributed by atoms with E-state index in [-0.39, 0.29) is 6.04 Å². The van der Waals surface area contributed by atoms with Crippen LogP contribution < -0.4 is 16.3 Å². The van der Waals surface area contributed by atoms with Gasteiger partial charge in [-0.25, -0.2) is 15.4 Å². The van der Waals surface area contributed by atoms with Crippen molar-refractivity contribution in [2.75, 3.05) is 6.54 Å². The molecule has 0 bridgehead atoms. The van der Waals surface area contributed by atoms with Crippen LogP contribution in [0.25, 0.3) is 33.4 Å². The molecule has 4 aromatic rings. The normalized spacial score (nSPS) is 17.0. The fourth-order valence-electron chi connectivity index (χ4n) is 4.03. The predicted molar refractivity (Wildman–Crippen MR) is 148 cm³/mol. The van der Waals surface area contributed by atoms with Crippen molar-refractivity contribution >= 4 is 22.8 Å². The molecule has 0 radical (unpaired) electrons. The van der Waals surface area contributed by atoms with Crippen LogP contribution in [0.2, 0.25) is 0 Å². The Kier molecular flexibility index (Phi) is 8.07. The Morgan fingerprint density at radius 2 is 1.94 bits per heavy atom. The zero-order valence-electron chi connectivity index (χ0n) is 21.6. The van der Waals surface area contributed by atoms with Crippen LogP contribution in [0.5, 0.6) is 0 Å². The molecule has 0 amide bonds. The van der Waals surface area contributed by atoms with Crippen molar-refractivity contribution in [3.8, 4) is 22.4 Å². The maximum atomic E-state index is 4.92. The Labute approximate surface area is 211 Å². The van der Waals surface area contributed by atoms with E-state index in [9.17, 15) is 0 Å². The second-order valence-corrected chi connectivity index (χ2v) is 8.26. The minimum absolute atomic E-state index is 0.230. The summed E-state index contributed by atoms with van der Waals surface area (Å²) in [5.41, 5.74) is 12.2. The third-order valence-corrected chi connectivity index (χ3v) is 5.79. The van der Waals surface area contributed by atoms with Crippen molar-refractivity contribution in [3.63, 3.8) is 0 Å². The zero-order valence-corrected chi connectivity index (χ0v) is 21.6. The molecule has 8 heteroatoms. The quantitative estimate of drug-likeness (QED) is 0.355. The molecular formula is C28H34N8. The van der Waals surface area contributed by atoms with Crippen LogP contribution in [0.1, 0.15) is 34.1 Å². The van der Waals surface area contributed by atoms with Crippen molar-refractivity contribution in [3.05, 3.63) is 72.5 Å². The van der Waals surface area contributed by atoms with E-state index in [1.165, 1.54) is 0 Å². The topological polar surface area (TPSA) is 95.3 Å². The number of hydrogen-bond acceptors (Lipinski definition) is 5. The van der Waals surface area contributed by atoms with Gasteiger partial charge in [0, 0.05) is 55.5 Å². The van der Waals surface area contributed by atoms with E-state index < -0.39 is 0 Å². The summed E-state index contributed by atoms with van der Waals surface area (Å²) in [5.74, 6) is 1.41. The minimum Gasteiger partial charge on any atom is -0.346 e. The predicted octanol–water partition coefficient (Wildman–Crippen LogP) is 5.05. The lowest BCUT2D eigenvalue weighted by Gasteiger charge is -2.13. The van der Waals surface area contributed by atoms with E-state index in [1.807, 2.05) is 56.9 Å². The number of aliphatic imine (C=N–C) groups is 1. The van der Waals surface area contributed by atoms with Crippen molar-refractivity contribution in [2.24, 2.45) is 17.0 Å². The van der Waals surface area contributed by atoms with Gasteiger partial charge in [-0.2, -0.15) is 4.99 Å². The second-order valence-electron chi connectivity index (χ2n) is 8.26. The molecule has 4 heterocycles. The molecule has 3 N–H and O–H groups in total. The first-order chi connectivity index (χ1) is 17.6. The summed E-state index contributed by atoms with van der Waals surface area (Å²) in [5, 5.41) is 1.09. The first-order valence-corrected chi connectivity index (χ1v) is 12.5. The van der Waals surface area contributed by atoms with Crippen molar-refractivity contribution in [1.29, 1.82) is 0 Å². The minimum atomic E-state index is 0.230. The van der Waals surface area contributed by atoms with E-state index in [1.54, 1.807) is 0 Å². The Morgan fingerprint density at radius 1 is 1.11 bits per heavy atom. The molecule has 0 fully saturated rings. The van der Waals surface area contributed by atoms with Gasteiger partial charge in [0.25, 0.3) is 0 Å². The van der Waals surface area contributed by atoms with Crippen LogP contribution in [0, 0.1) is 0 Å². The summed E-state index contributed by atoms with van der Waals surface area (Å²) >= 11 is 0. The Bertz CT molecular complexity index is 1460. The van der Waals surface area contributed by atoms with Crippen LogP contribution in [-0.4, -0.2) is 37.9 Å². The van der Waals surface area contributed by atoms with Gasteiger partial charge in [-0.3, -0.25) is 9.56 Å². The maximum Gasteiger partial charge on any atom is 0.233 e. The maximum absolute atomic E-state index is 4.92. The van der Waals surface area contributed by atoms with Gasteiger partial charge in [0.1, 0.15) is 17.0 Å². The molecular weight excluding hydrogens is 448 g/mol. The summed E-state index contributed by atoms with van der Waals surface area (Å²) in [7, 11) is 1.95. The van der Waals surface area contributed by atoms with Crippen LogP contribution in [-0.2, 0) is 7.05 Å². The van der Waals surface area contributed by atoms with Gasteiger partial charge in [-0.15, -0.1) is 0 Å². The molecule has 0 saturated carbocycles. The van der Waals surface area contributed by atoms with Gasteiger partial charge in [0.05, 0.1) is 5.69 Å². The molecule has 1 unspecified atom stereocenters. The number of aromatic amines is 1. The molecule has 36 heavy (non-hydrogen) atoms. The molecule has 1 aliphatic rings. The number of fused-ring (bicyclic) bond motifs is 1. The number of hydrogen-bond donors (Lipinski definition) is 3. The molecule has 8 nitrogen and oxygen atoms in total. The Morgan fingerprint density at radius 3 is 2.78 bits per heavy atom. The molecule has 1 atom stereocenters. The van der Waals surface area contributed by atoms with Crippen LogP contribution in [0.4, 0.5) is 5.95 Å². The summed E-state index contributed by atoms with van der Waals surface area (Å²) in [6.45, 7) is 8.79. The fraction of sp³-hybridized carbons (Fsp3) is 0.286. The second kappa shape index (κ2) is 11.6. The van der Waals surface area contributed by atoms with Crippen LogP contribution in [0.3, 0.4) is 0 Å². The third kappa shape index (κ3) is 5.44. The molecule has 0 aliphatic carbocycles. The fourth-order valence-corrected chi connectivity index (χ4v) is 4.03. The molecule has 1 aromatic carbocycles. The third-order valence-electron chi connectivity index (χ3n) is 5.79. The molecule has 1 aliphatic heterocycles. The Hall–Kier alpha value is -4.04. The molecule has 3 aromatic heterocycles. The van der Waals surface area contributed by atoms with Crippen molar-refractivity contribution in [1.82, 2.24) is 30.4 Å². The Balaban J connectivity index is 0.00000148. The summed E-state index contributed by atoms with van der Waals surface area (Å²) in [6, 6.07) is 14.8. The molecule has 0 saturated heterocycles. The van der Waals surface area contributed by atoms with E-state index >= 15 is 0 Å². The zero-order chi connectivity index (χ0) is 25.5. The van der Waals surface area contributed by atoms with E-state index in [0.717, 1.165) is 44.7 Å². The lowest BCUT2D eigenvalue weighted by Crippen LogP contribution is -2.40. The number of amidine groups is 1. The smallest absolute Gasteiger partial charge is 0.233 e. The van der Waals surface area contributed by atoms with Crippen molar-refractivity contribution < 1.29 is 0 Å². The highest BCUT2D eigenvalue weighted by Crippen LogP contribution is 2.30. The van der Waals surface area contributed by atoms with Gasteiger partial charge in [-0.05, 0) is 43.2 Å². The molecule has 186 valence electrons. The number of pyridine rings is 1. The molecule has 0 spiro atoms. The number of rotatable bonds is 4. The highest BCUT2D eigenvalue weighted by molar-refractivity contribution is 5.93. The number of nitrogens with one attached hydrogen (secondary N) is 3. The summed E-state index contributed by atoms with van der Waals surface area (Å²) in [6.07, 6.45) is 8.67. The number of hydrazine groups is 1. The summed E-state index contributed by atoms with van der Waals surface area (Å²) in [4.78, 5) is 22.0. The van der Waals surface area contributed by atoms with Crippen LogP contribution >= 0.6 is 0 Å².